The zero-order valence-corrected chi connectivity index (χ0v) is 13.4. The van der Waals surface area contributed by atoms with Gasteiger partial charge in [0.2, 0.25) is 0 Å². The third-order valence-corrected chi connectivity index (χ3v) is 3.42. The molecular weight excluding hydrogens is 298 g/mol. The van der Waals surface area contributed by atoms with E-state index < -0.39 is 0 Å². The minimum atomic E-state index is 0.586. The van der Waals surface area contributed by atoms with Crippen molar-refractivity contribution in [3.63, 3.8) is 0 Å². The predicted octanol–water partition coefficient (Wildman–Crippen LogP) is 4.77. The Labute approximate surface area is 125 Å². The zero-order chi connectivity index (χ0) is 14.1. The van der Waals surface area contributed by atoms with Gasteiger partial charge >= 0.3 is 0 Å². The molecule has 1 N–H and O–H groups in total. The number of hydrogen-bond donors (Lipinski definition) is 1. The highest BCUT2D eigenvalue weighted by atomic mass is 79.9. The number of halogens is 1. The van der Waals surface area contributed by atoms with Gasteiger partial charge in [-0.3, -0.25) is 0 Å². The van der Waals surface area contributed by atoms with Crippen molar-refractivity contribution < 1.29 is 0 Å². The van der Waals surface area contributed by atoms with E-state index in [0.717, 1.165) is 11.0 Å². The first-order chi connectivity index (χ1) is 9.13. The van der Waals surface area contributed by atoms with Gasteiger partial charge < -0.3 is 5.32 Å². The van der Waals surface area contributed by atoms with Crippen LogP contribution in [0.15, 0.2) is 59.1 Å². The lowest BCUT2D eigenvalue weighted by atomic mass is 10.0. The molecule has 0 saturated carbocycles. The molecule has 0 aliphatic heterocycles. The van der Waals surface area contributed by atoms with Gasteiger partial charge in [-0.1, -0.05) is 70.9 Å². The van der Waals surface area contributed by atoms with Gasteiger partial charge in [0.1, 0.15) is 0 Å². The van der Waals surface area contributed by atoms with Gasteiger partial charge in [0, 0.05) is 11.0 Å². The minimum absolute atomic E-state index is 0.586. The summed E-state index contributed by atoms with van der Waals surface area (Å²) in [6.45, 7) is 5.33. The maximum absolute atomic E-state index is 3.42. The van der Waals surface area contributed by atoms with Crippen molar-refractivity contribution in [2.45, 2.75) is 19.8 Å². The summed E-state index contributed by atoms with van der Waals surface area (Å²) in [6, 6.07) is 18.7. The lowest BCUT2D eigenvalue weighted by Gasteiger charge is -2.10. The lowest BCUT2D eigenvalue weighted by Crippen LogP contribution is -2.14. The Bertz CT molecular complexity index is 450. The third kappa shape index (κ3) is 6.55. The molecule has 0 spiro atoms. The number of likely N-dealkylation sites (N-methyl/N-ethyl adjacent to an activating group) is 1. The summed E-state index contributed by atoms with van der Waals surface area (Å²) in [6.07, 6.45) is 0. The summed E-state index contributed by atoms with van der Waals surface area (Å²) >= 11 is 3.42. The second-order valence-electron chi connectivity index (χ2n) is 4.66. The van der Waals surface area contributed by atoms with Crippen molar-refractivity contribution in [1.29, 1.82) is 0 Å². The SMILES string of the molecule is CNCC(C)c1ccc(Br)cc1.Cc1ccccc1. The van der Waals surface area contributed by atoms with Crippen molar-refractivity contribution in [2.24, 2.45) is 0 Å². The highest BCUT2D eigenvalue weighted by Gasteiger charge is 2.02. The number of nitrogens with one attached hydrogen (secondary N) is 1. The Balaban J connectivity index is 0.000000218. The van der Waals surface area contributed by atoms with Gasteiger partial charge in [0.05, 0.1) is 0 Å². The van der Waals surface area contributed by atoms with E-state index in [-0.39, 0.29) is 0 Å². The summed E-state index contributed by atoms with van der Waals surface area (Å²) in [5.41, 5.74) is 2.70. The normalized spacial score (nSPS) is 11.4. The van der Waals surface area contributed by atoms with Crippen LogP contribution in [0.25, 0.3) is 0 Å². The van der Waals surface area contributed by atoms with Crippen molar-refractivity contribution in [1.82, 2.24) is 5.32 Å². The first-order valence-electron chi connectivity index (χ1n) is 6.55. The zero-order valence-electron chi connectivity index (χ0n) is 11.9. The van der Waals surface area contributed by atoms with E-state index in [1.807, 2.05) is 25.2 Å². The van der Waals surface area contributed by atoms with Crippen molar-refractivity contribution in [2.75, 3.05) is 13.6 Å². The van der Waals surface area contributed by atoms with Crippen LogP contribution in [0.5, 0.6) is 0 Å². The number of hydrogen-bond acceptors (Lipinski definition) is 1. The molecule has 2 rings (SSSR count). The molecule has 1 atom stereocenters. The van der Waals surface area contributed by atoms with E-state index in [0.29, 0.717) is 5.92 Å². The molecule has 2 aromatic rings. The fraction of sp³-hybridized carbons (Fsp3) is 0.294. The summed E-state index contributed by atoms with van der Waals surface area (Å²) in [5, 5.41) is 3.17. The van der Waals surface area contributed by atoms with E-state index in [1.165, 1.54) is 11.1 Å². The maximum Gasteiger partial charge on any atom is 0.0175 e. The van der Waals surface area contributed by atoms with Crippen LogP contribution in [0, 0.1) is 6.92 Å². The van der Waals surface area contributed by atoms with Crippen LogP contribution in [0.4, 0.5) is 0 Å². The molecule has 102 valence electrons. The van der Waals surface area contributed by atoms with Gasteiger partial charge in [-0.05, 0) is 37.6 Å². The maximum atomic E-state index is 3.42. The van der Waals surface area contributed by atoms with Crippen LogP contribution >= 0.6 is 15.9 Å². The van der Waals surface area contributed by atoms with E-state index in [9.17, 15) is 0 Å². The summed E-state index contributed by atoms with van der Waals surface area (Å²) in [5.74, 6) is 0.586. The first kappa shape index (κ1) is 15.9. The standard InChI is InChI=1S/C10H14BrN.C7H8/c1-8(7-12-2)9-3-5-10(11)6-4-9;1-7-5-3-2-4-6-7/h3-6,8,12H,7H2,1-2H3;2-6H,1H3. The van der Waals surface area contributed by atoms with Crippen LogP contribution in [0.2, 0.25) is 0 Å². The first-order valence-corrected chi connectivity index (χ1v) is 7.34. The van der Waals surface area contributed by atoms with Crippen molar-refractivity contribution in [3.8, 4) is 0 Å². The Morgan fingerprint density at radius 3 is 2.00 bits per heavy atom. The summed E-state index contributed by atoms with van der Waals surface area (Å²) < 4.78 is 1.14. The molecule has 19 heavy (non-hydrogen) atoms. The molecule has 0 aliphatic carbocycles. The average Bonchev–Trinajstić information content (AvgIpc) is 2.41. The molecule has 1 nitrogen and oxygen atoms in total. The van der Waals surface area contributed by atoms with Gasteiger partial charge in [-0.2, -0.15) is 0 Å². The summed E-state index contributed by atoms with van der Waals surface area (Å²) in [4.78, 5) is 0. The molecule has 2 aromatic carbocycles. The van der Waals surface area contributed by atoms with E-state index in [2.05, 4.69) is 71.5 Å². The number of rotatable bonds is 3. The number of benzene rings is 2. The van der Waals surface area contributed by atoms with E-state index >= 15 is 0 Å². The molecule has 0 saturated heterocycles. The molecular formula is C17H22BrN. The highest BCUT2D eigenvalue weighted by molar-refractivity contribution is 9.10. The van der Waals surface area contributed by atoms with Crippen LogP contribution in [0.1, 0.15) is 24.0 Å². The smallest absolute Gasteiger partial charge is 0.0175 e. The Morgan fingerprint density at radius 1 is 1.00 bits per heavy atom. The lowest BCUT2D eigenvalue weighted by molar-refractivity contribution is 0.678. The van der Waals surface area contributed by atoms with E-state index in [1.54, 1.807) is 0 Å². The third-order valence-electron chi connectivity index (χ3n) is 2.89. The van der Waals surface area contributed by atoms with Gasteiger partial charge in [0.15, 0.2) is 0 Å². The Morgan fingerprint density at radius 2 is 1.58 bits per heavy atom. The highest BCUT2D eigenvalue weighted by Crippen LogP contribution is 2.17. The molecule has 0 aliphatic rings. The molecule has 0 bridgehead atoms. The van der Waals surface area contributed by atoms with Crippen molar-refractivity contribution >= 4 is 15.9 Å². The monoisotopic (exact) mass is 319 g/mol. The molecule has 0 heterocycles. The molecule has 0 aromatic heterocycles. The van der Waals surface area contributed by atoms with Crippen molar-refractivity contribution in [3.05, 3.63) is 70.2 Å². The topological polar surface area (TPSA) is 12.0 Å². The van der Waals surface area contributed by atoms with E-state index in [4.69, 9.17) is 0 Å². The van der Waals surface area contributed by atoms with Crippen LogP contribution in [-0.4, -0.2) is 13.6 Å². The average molecular weight is 320 g/mol. The molecule has 1 unspecified atom stereocenters. The molecule has 0 fully saturated rings. The van der Waals surface area contributed by atoms with Crippen LogP contribution in [0.3, 0.4) is 0 Å². The largest absolute Gasteiger partial charge is 0.319 e. The second-order valence-corrected chi connectivity index (χ2v) is 5.58. The summed E-state index contributed by atoms with van der Waals surface area (Å²) in [7, 11) is 1.98. The van der Waals surface area contributed by atoms with Gasteiger partial charge in [0.25, 0.3) is 0 Å². The van der Waals surface area contributed by atoms with Crippen LogP contribution in [-0.2, 0) is 0 Å². The van der Waals surface area contributed by atoms with Crippen LogP contribution < -0.4 is 5.32 Å². The molecule has 2 heteroatoms. The van der Waals surface area contributed by atoms with Gasteiger partial charge in [-0.15, -0.1) is 0 Å². The Hall–Kier alpha value is -1.12. The van der Waals surface area contributed by atoms with Gasteiger partial charge in [-0.25, -0.2) is 0 Å². The number of aryl methyl sites for hydroxylation is 1. The second kappa shape index (κ2) is 8.89. The Kier molecular flexibility index (Phi) is 7.46. The molecule has 0 amide bonds. The molecule has 0 radical (unpaired) electrons. The minimum Gasteiger partial charge on any atom is -0.319 e. The fourth-order valence-corrected chi connectivity index (χ4v) is 2.01. The fourth-order valence-electron chi connectivity index (χ4n) is 1.75. The predicted molar refractivity (Wildman–Crippen MR) is 87.7 cm³/mol. The quantitative estimate of drug-likeness (QED) is 0.859.